The number of aryl methyl sites for hydroxylation is 1. The Balaban J connectivity index is 2.55. The Morgan fingerprint density at radius 2 is 1.88 bits per heavy atom. The first-order valence-electron chi connectivity index (χ1n) is 5.85. The van der Waals surface area contributed by atoms with E-state index in [1.54, 1.807) is 0 Å². The van der Waals surface area contributed by atoms with Crippen molar-refractivity contribution in [2.45, 2.75) is 27.2 Å². The highest BCUT2D eigenvalue weighted by molar-refractivity contribution is 7.91. The van der Waals surface area contributed by atoms with Gasteiger partial charge in [0.15, 0.2) is 9.84 Å². The lowest BCUT2D eigenvalue weighted by molar-refractivity contribution is 0.338. The predicted octanol–water partition coefficient (Wildman–Crippen LogP) is 2.51. The standard InChI is InChI=1S/C13H20O3S/c1-4-9-17(14,15)10-8-16-13-7-5-6-11(2)12(13)3/h5-7H,4,8-10H2,1-3H3. The molecule has 0 saturated carbocycles. The molecule has 0 fully saturated rings. The second-order valence-corrected chi connectivity index (χ2v) is 6.50. The zero-order chi connectivity index (χ0) is 12.9. The van der Waals surface area contributed by atoms with Gasteiger partial charge in [-0.2, -0.15) is 0 Å². The van der Waals surface area contributed by atoms with Gasteiger partial charge in [-0.25, -0.2) is 8.42 Å². The predicted molar refractivity (Wildman–Crippen MR) is 70.4 cm³/mol. The summed E-state index contributed by atoms with van der Waals surface area (Å²) >= 11 is 0. The van der Waals surface area contributed by atoms with Crippen LogP contribution < -0.4 is 4.74 Å². The van der Waals surface area contributed by atoms with Gasteiger partial charge in [0.2, 0.25) is 0 Å². The molecule has 0 aliphatic rings. The van der Waals surface area contributed by atoms with Gasteiger partial charge >= 0.3 is 0 Å². The normalized spacial score (nSPS) is 11.5. The number of hydrogen-bond acceptors (Lipinski definition) is 3. The quantitative estimate of drug-likeness (QED) is 0.785. The molecule has 0 bridgehead atoms. The maximum Gasteiger partial charge on any atom is 0.153 e. The zero-order valence-corrected chi connectivity index (χ0v) is 11.5. The Kier molecular flexibility index (Phi) is 5.00. The molecule has 1 rings (SSSR count). The number of hydrogen-bond donors (Lipinski definition) is 0. The second kappa shape index (κ2) is 6.05. The van der Waals surface area contributed by atoms with Crippen LogP contribution >= 0.6 is 0 Å². The fourth-order valence-corrected chi connectivity index (χ4v) is 2.74. The van der Waals surface area contributed by atoms with E-state index in [2.05, 4.69) is 0 Å². The van der Waals surface area contributed by atoms with Crippen molar-refractivity contribution in [3.05, 3.63) is 29.3 Å². The third-order valence-electron chi connectivity index (χ3n) is 2.72. The molecule has 0 aliphatic heterocycles. The Hall–Kier alpha value is -1.03. The zero-order valence-electron chi connectivity index (χ0n) is 10.7. The number of sulfone groups is 1. The van der Waals surface area contributed by atoms with E-state index in [9.17, 15) is 8.42 Å². The Bertz CT molecular complexity index is 464. The van der Waals surface area contributed by atoms with Crippen molar-refractivity contribution in [2.75, 3.05) is 18.1 Å². The van der Waals surface area contributed by atoms with Crippen LogP contribution in [0, 0.1) is 13.8 Å². The topological polar surface area (TPSA) is 43.4 Å². The third-order valence-corrected chi connectivity index (χ3v) is 4.54. The molecule has 0 atom stereocenters. The van der Waals surface area contributed by atoms with Gasteiger partial charge < -0.3 is 4.74 Å². The van der Waals surface area contributed by atoms with Gasteiger partial charge in [-0.05, 0) is 37.5 Å². The minimum Gasteiger partial charge on any atom is -0.492 e. The molecule has 0 heterocycles. The van der Waals surface area contributed by atoms with Crippen LogP contribution in [-0.2, 0) is 9.84 Å². The van der Waals surface area contributed by atoms with Crippen LogP contribution in [0.15, 0.2) is 18.2 Å². The van der Waals surface area contributed by atoms with Crippen molar-refractivity contribution < 1.29 is 13.2 Å². The van der Waals surface area contributed by atoms with Crippen molar-refractivity contribution >= 4 is 9.84 Å². The molecule has 1 aromatic rings. The number of benzene rings is 1. The number of ether oxygens (including phenoxy) is 1. The fourth-order valence-electron chi connectivity index (χ4n) is 1.57. The molecule has 0 amide bonds. The molecule has 0 N–H and O–H groups in total. The molecule has 4 heteroatoms. The molecule has 17 heavy (non-hydrogen) atoms. The van der Waals surface area contributed by atoms with Gasteiger partial charge in [0.1, 0.15) is 12.4 Å². The lowest BCUT2D eigenvalue weighted by Crippen LogP contribution is -2.17. The van der Waals surface area contributed by atoms with Crippen molar-refractivity contribution in [1.29, 1.82) is 0 Å². The summed E-state index contributed by atoms with van der Waals surface area (Å²) in [5, 5.41) is 0. The third kappa shape index (κ3) is 4.38. The first kappa shape index (κ1) is 14.0. The summed E-state index contributed by atoms with van der Waals surface area (Å²) in [6.45, 7) is 6.08. The molecule has 96 valence electrons. The minimum atomic E-state index is -2.95. The van der Waals surface area contributed by atoms with Gasteiger partial charge in [0.05, 0.1) is 11.5 Å². The SMILES string of the molecule is CCCS(=O)(=O)CCOc1cccc(C)c1C. The van der Waals surface area contributed by atoms with Gasteiger partial charge in [0, 0.05) is 0 Å². The summed E-state index contributed by atoms with van der Waals surface area (Å²) in [7, 11) is -2.95. The molecular weight excluding hydrogens is 236 g/mol. The highest BCUT2D eigenvalue weighted by Crippen LogP contribution is 2.20. The molecular formula is C13H20O3S. The molecule has 0 saturated heterocycles. The highest BCUT2D eigenvalue weighted by Gasteiger charge is 2.10. The largest absolute Gasteiger partial charge is 0.492 e. The fraction of sp³-hybridized carbons (Fsp3) is 0.538. The molecule has 0 spiro atoms. The summed E-state index contributed by atoms with van der Waals surface area (Å²) < 4.78 is 28.5. The first-order valence-corrected chi connectivity index (χ1v) is 7.68. The summed E-state index contributed by atoms with van der Waals surface area (Å²) in [6.07, 6.45) is 0.659. The van der Waals surface area contributed by atoms with Crippen molar-refractivity contribution in [2.24, 2.45) is 0 Å². The summed E-state index contributed by atoms with van der Waals surface area (Å²) in [6, 6.07) is 5.79. The van der Waals surface area contributed by atoms with Crippen molar-refractivity contribution in [1.82, 2.24) is 0 Å². The summed E-state index contributed by atoms with van der Waals surface area (Å²) in [5.41, 5.74) is 2.22. The lowest BCUT2D eigenvalue weighted by Gasteiger charge is -2.10. The van der Waals surface area contributed by atoms with E-state index in [1.165, 1.54) is 0 Å². The van der Waals surface area contributed by atoms with Gasteiger partial charge in [0.25, 0.3) is 0 Å². The lowest BCUT2D eigenvalue weighted by atomic mass is 10.1. The molecule has 0 radical (unpaired) electrons. The van der Waals surface area contributed by atoms with Crippen LogP contribution in [0.2, 0.25) is 0 Å². The van der Waals surface area contributed by atoms with Crippen LogP contribution in [0.1, 0.15) is 24.5 Å². The van der Waals surface area contributed by atoms with Gasteiger partial charge in [-0.3, -0.25) is 0 Å². The monoisotopic (exact) mass is 256 g/mol. The minimum absolute atomic E-state index is 0.0915. The summed E-state index contributed by atoms with van der Waals surface area (Å²) in [4.78, 5) is 0. The molecule has 1 aromatic carbocycles. The van der Waals surface area contributed by atoms with Crippen LogP contribution in [-0.4, -0.2) is 26.5 Å². The number of rotatable bonds is 6. The maximum atomic E-state index is 11.5. The van der Waals surface area contributed by atoms with E-state index in [1.807, 2.05) is 39.0 Å². The van der Waals surface area contributed by atoms with E-state index in [4.69, 9.17) is 4.74 Å². The Morgan fingerprint density at radius 1 is 1.18 bits per heavy atom. The highest BCUT2D eigenvalue weighted by atomic mass is 32.2. The average Bonchev–Trinajstić information content (AvgIpc) is 2.24. The second-order valence-electron chi connectivity index (χ2n) is 4.20. The van der Waals surface area contributed by atoms with E-state index in [-0.39, 0.29) is 18.1 Å². The van der Waals surface area contributed by atoms with E-state index < -0.39 is 9.84 Å². The van der Waals surface area contributed by atoms with Crippen LogP contribution in [0.5, 0.6) is 5.75 Å². The van der Waals surface area contributed by atoms with Gasteiger partial charge in [-0.1, -0.05) is 19.1 Å². The summed E-state index contributed by atoms with van der Waals surface area (Å²) in [5.74, 6) is 1.11. The molecule has 0 aromatic heterocycles. The smallest absolute Gasteiger partial charge is 0.153 e. The van der Waals surface area contributed by atoms with E-state index in [0.29, 0.717) is 6.42 Å². The van der Waals surface area contributed by atoms with Gasteiger partial charge in [-0.15, -0.1) is 0 Å². The van der Waals surface area contributed by atoms with Crippen LogP contribution in [0.3, 0.4) is 0 Å². The maximum absolute atomic E-state index is 11.5. The van der Waals surface area contributed by atoms with E-state index in [0.717, 1.165) is 16.9 Å². The Morgan fingerprint density at radius 3 is 2.53 bits per heavy atom. The van der Waals surface area contributed by atoms with Crippen molar-refractivity contribution in [3.63, 3.8) is 0 Å². The van der Waals surface area contributed by atoms with E-state index >= 15 is 0 Å². The first-order chi connectivity index (χ1) is 7.96. The van der Waals surface area contributed by atoms with Crippen LogP contribution in [0.4, 0.5) is 0 Å². The molecule has 0 aliphatic carbocycles. The molecule has 0 unspecified atom stereocenters. The Labute approximate surface area is 104 Å². The van der Waals surface area contributed by atoms with Crippen LogP contribution in [0.25, 0.3) is 0 Å². The van der Waals surface area contributed by atoms with Crippen molar-refractivity contribution in [3.8, 4) is 5.75 Å². The average molecular weight is 256 g/mol. The molecule has 3 nitrogen and oxygen atoms in total.